The minimum absolute atomic E-state index is 0.326. The van der Waals surface area contributed by atoms with Crippen molar-refractivity contribution in [2.24, 2.45) is 4.99 Å². The van der Waals surface area contributed by atoms with E-state index in [1.807, 2.05) is 48.5 Å². The largest absolute Gasteiger partial charge is 0.372 e. The number of benzene rings is 2. The molecule has 2 aromatic carbocycles. The van der Waals surface area contributed by atoms with E-state index in [2.05, 4.69) is 70.8 Å². The van der Waals surface area contributed by atoms with E-state index in [1.165, 1.54) is 0 Å². The lowest BCUT2D eigenvalue weighted by molar-refractivity contribution is 1.15. The topological polar surface area (TPSA) is 62.2 Å². The predicted molar refractivity (Wildman–Crippen MR) is 125 cm³/mol. The minimum atomic E-state index is 0.326. The molecular weight excluding hydrogens is 575 g/mol. The summed E-state index contributed by atoms with van der Waals surface area (Å²) in [6, 6.07) is 15.8. The van der Waals surface area contributed by atoms with E-state index in [-0.39, 0.29) is 0 Å². The van der Waals surface area contributed by atoms with Crippen LogP contribution >= 0.6 is 56.8 Å². The first-order valence-corrected chi connectivity index (χ1v) is 10.2. The van der Waals surface area contributed by atoms with E-state index in [1.54, 1.807) is 13.3 Å². The number of halogens is 3. The Balaban J connectivity index is 1.87. The maximum absolute atomic E-state index is 6.37. The lowest BCUT2D eigenvalue weighted by atomic mass is 10.3. The van der Waals surface area contributed by atoms with Crippen LogP contribution < -0.4 is 10.6 Å². The number of anilines is 3. The molecule has 1 aromatic heterocycles. The molecule has 0 fully saturated rings. The molecule has 0 unspecified atom stereocenters. The summed E-state index contributed by atoms with van der Waals surface area (Å²) >= 11 is 10.9. The number of hydrogen-bond acceptors (Lipinski definition) is 5. The van der Waals surface area contributed by atoms with Crippen molar-refractivity contribution in [3.63, 3.8) is 0 Å². The van der Waals surface area contributed by atoms with E-state index in [4.69, 9.17) is 11.6 Å². The molecule has 3 rings (SSSR count). The number of aliphatic imine (C=N–C) groups is 1. The molecule has 132 valence electrons. The van der Waals surface area contributed by atoms with Gasteiger partial charge < -0.3 is 10.6 Å². The number of aromatic nitrogens is 2. The van der Waals surface area contributed by atoms with Gasteiger partial charge in [0.25, 0.3) is 0 Å². The maximum atomic E-state index is 6.37. The fourth-order valence-electron chi connectivity index (χ4n) is 2.13. The van der Waals surface area contributed by atoms with Crippen LogP contribution in [0.4, 0.5) is 23.1 Å². The lowest BCUT2D eigenvalue weighted by Gasteiger charge is -2.10. The molecule has 2 N–H and O–H groups in total. The summed E-state index contributed by atoms with van der Waals surface area (Å²) in [6.07, 6.45) is 1.67. The van der Waals surface area contributed by atoms with Crippen LogP contribution in [0.5, 0.6) is 0 Å². The predicted octanol–water partition coefficient (Wildman–Crippen LogP) is 5.88. The van der Waals surface area contributed by atoms with E-state index in [0.717, 1.165) is 18.5 Å². The van der Waals surface area contributed by atoms with Crippen molar-refractivity contribution in [3.8, 4) is 0 Å². The molecule has 0 aliphatic rings. The van der Waals surface area contributed by atoms with E-state index >= 15 is 0 Å². The van der Waals surface area contributed by atoms with Crippen LogP contribution in [-0.4, -0.2) is 23.2 Å². The highest BCUT2D eigenvalue weighted by Crippen LogP contribution is 2.24. The van der Waals surface area contributed by atoms with Gasteiger partial charge in [-0.1, -0.05) is 11.6 Å². The molecule has 0 atom stereocenters. The molecule has 0 aliphatic carbocycles. The smallest absolute Gasteiger partial charge is 0.230 e. The number of nitrogens with zero attached hydrogens (tertiary/aromatic N) is 3. The number of hydrogen-bond donors (Lipinski definition) is 2. The normalized spacial score (nSPS) is 10.9. The fraction of sp³-hybridized carbons (Fsp3) is 0.0556. The first kappa shape index (κ1) is 19.3. The Kier molecular flexibility index (Phi) is 6.65. The van der Waals surface area contributed by atoms with Crippen molar-refractivity contribution in [1.29, 1.82) is 0 Å². The third-order valence-corrected chi connectivity index (χ3v) is 5.13. The van der Waals surface area contributed by atoms with Crippen molar-refractivity contribution in [3.05, 3.63) is 66.4 Å². The van der Waals surface area contributed by atoms with Crippen molar-refractivity contribution in [2.75, 3.05) is 17.7 Å². The molecule has 0 bridgehead atoms. The van der Waals surface area contributed by atoms with Crippen molar-refractivity contribution >= 4 is 86.1 Å². The van der Waals surface area contributed by atoms with Gasteiger partial charge in [0, 0.05) is 26.1 Å². The van der Waals surface area contributed by atoms with Crippen LogP contribution in [0.25, 0.3) is 0 Å². The Morgan fingerprint density at radius 2 is 1.58 bits per heavy atom. The van der Waals surface area contributed by atoms with Crippen molar-refractivity contribution in [1.82, 2.24) is 9.97 Å². The zero-order valence-electron chi connectivity index (χ0n) is 13.7. The van der Waals surface area contributed by atoms with Gasteiger partial charge >= 0.3 is 0 Å². The molecule has 0 saturated heterocycles. The van der Waals surface area contributed by atoms with Crippen molar-refractivity contribution in [2.45, 2.75) is 0 Å². The molecule has 0 saturated carbocycles. The average Bonchev–Trinajstić information content (AvgIpc) is 2.64. The second-order valence-corrected chi connectivity index (χ2v) is 8.07. The zero-order valence-corrected chi connectivity index (χ0v) is 18.7. The summed E-state index contributed by atoms with van der Waals surface area (Å²) in [6.45, 7) is 0. The average molecular weight is 590 g/mol. The van der Waals surface area contributed by atoms with Gasteiger partial charge in [0.1, 0.15) is 11.0 Å². The maximum Gasteiger partial charge on any atom is 0.230 e. The van der Waals surface area contributed by atoms with Gasteiger partial charge in [0.05, 0.1) is 11.3 Å². The van der Waals surface area contributed by atoms with Gasteiger partial charge in [-0.3, -0.25) is 4.99 Å². The van der Waals surface area contributed by atoms with Crippen LogP contribution in [0.15, 0.2) is 53.5 Å². The summed E-state index contributed by atoms with van der Waals surface area (Å²) in [4.78, 5) is 13.3. The zero-order chi connectivity index (χ0) is 18.5. The highest BCUT2D eigenvalue weighted by Gasteiger charge is 2.11. The van der Waals surface area contributed by atoms with E-state index in [9.17, 15) is 0 Å². The third-order valence-electron chi connectivity index (χ3n) is 3.41. The number of nitrogens with one attached hydrogen (secondary N) is 2. The summed E-state index contributed by atoms with van der Waals surface area (Å²) in [7, 11) is 1.79. The molecule has 0 aliphatic heterocycles. The monoisotopic (exact) mass is 589 g/mol. The van der Waals surface area contributed by atoms with Gasteiger partial charge in [0.2, 0.25) is 5.95 Å². The second kappa shape index (κ2) is 8.96. The molecule has 0 radical (unpaired) electrons. The molecular formula is C18H14ClI2N5. The molecule has 0 spiro atoms. The summed E-state index contributed by atoms with van der Waals surface area (Å²) < 4.78 is 2.31. The molecule has 8 heteroatoms. The van der Waals surface area contributed by atoms with Crippen LogP contribution in [0.2, 0.25) is 5.15 Å². The first-order valence-electron chi connectivity index (χ1n) is 7.62. The Bertz CT molecular complexity index is 928. The molecule has 3 aromatic rings. The summed E-state index contributed by atoms with van der Waals surface area (Å²) in [5.41, 5.74) is 2.37. The highest BCUT2D eigenvalue weighted by molar-refractivity contribution is 14.1. The van der Waals surface area contributed by atoms with Gasteiger partial charge in [-0.25, -0.2) is 0 Å². The SMILES string of the molecule is CNc1nc(Nc2ccc(I)cc2)nc(Cl)c1C=Nc1ccc(I)cc1. The highest BCUT2D eigenvalue weighted by atomic mass is 127. The van der Waals surface area contributed by atoms with Crippen LogP contribution in [0.1, 0.15) is 5.56 Å². The Labute approximate surface area is 184 Å². The summed E-state index contributed by atoms with van der Waals surface area (Å²) in [5.74, 6) is 1.03. The van der Waals surface area contributed by atoms with Gasteiger partial charge in [0.15, 0.2) is 0 Å². The Morgan fingerprint density at radius 3 is 2.19 bits per heavy atom. The molecule has 26 heavy (non-hydrogen) atoms. The Hall–Kier alpha value is -1.46. The van der Waals surface area contributed by atoms with Gasteiger partial charge in [-0.05, 0) is 93.7 Å². The van der Waals surface area contributed by atoms with E-state index in [0.29, 0.717) is 22.5 Å². The quantitative estimate of drug-likeness (QED) is 0.222. The second-order valence-electron chi connectivity index (χ2n) is 5.22. The number of rotatable bonds is 5. The fourth-order valence-corrected chi connectivity index (χ4v) is 3.07. The Morgan fingerprint density at radius 1 is 0.962 bits per heavy atom. The minimum Gasteiger partial charge on any atom is -0.372 e. The summed E-state index contributed by atoms with van der Waals surface area (Å²) in [5, 5.41) is 6.53. The van der Waals surface area contributed by atoms with Crippen molar-refractivity contribution < 1.29 is 0 Å². The first-order chi connectivity index (χ1) is 12.5. The lowest BCUT2D eigenvalue weighted by Crippen LogP contribution is -2.05. The van der Waals surface area contributed by atoms with Gasteiger partial charge in [-0.15, -0.1) is 0 Å². The van der Waals surface area contributed by atoms with E-state index < -0.39 is 0 Å². The molecule has 0 amide bonds. The molecule has 1 heterocycles. The molecule has 5 nitrogen and oxygen atoms in total. The van der Waals surface area contributed by atoms with Crippen LogP contribution in [0, 0.1) is 7.14 Å². The van der Waals surface area contributed by atoms with Gasteiger partial charge in [-0.2, -0.15) is 9.97 Å². The standard InChI is InChI=1S/C18H14ClI2N5/c1-22-17-15(10-23-13-6-2-11(20)3-7-13)16(19)25-18(26-17)24-14-8-4-12(21)5-9-14/h2-10H,1H3,(H2,22,24,25,26). The van der Waals surface area contributed by atoms with Crippen LogP contribution in [-0.2, 0) is 0 Å². The third kappa shape index (κ3) is 5.04. The van der Waals surface area contributed by atoms with Crippen LogP contribution in [0.3, 0.4) is 0 Å².